The van der Waals surface area contributed by atoms with Crippen LogP contribution in [-0.4, -0.2) is 22.9 Å². The molecule has 108 valence electrons. The van der Waals surface area contributed by atoms with Crippen molar-refractivity contribution in [3.05, 3.63) is 55.8 Å². The van der Waals surface area contributed by atoms with Gasteiger partial charge in [0.05, 0.1) is 10.5 Å². The lowest BCUT2D eigenvalue weighted by molar-refractivity contribution is -0.385. The molecule has 1 amide bonds. The molecule has 0 radical (unpaired) electrons. The van der Waals surface area contributed by atoms with Crippen LogP contribution in [0.5, 0.6) is 0 Å². The van der Waals surface area contributed by atoms with Crippen LogP contribution in [0.15, 0.2) is 36.5 Å². The largest absolute Gasteiger partial charge is 0.372 e. The molecule has 0 unspecified atom stereocenters. The van der Waals surface area contributed by atoms with E-state index in [4.69, 9.17) is 0 Å². The first kappa shape index (κ1) is 15.2. The van der Waals surface area contributed by atoms with Gasteiger partial charge in [0.1, 0.15) is 12.0 Å². The van der Waals surface area contributed by atoms with E-state index >= 15 is 0 Å². The molecule has 21 heavy (non-hydrogen) atoms. The highest BCUT2D eigenvalue weighted by molar-refractivity contribution is 14.1. The monoisotopic (exact) mass is 398 g/mol. The van der Waals surface area contributed by atoms with Crippen LogP contribution in [0.2, 0.25) is 0 Å². The van der Waals surface area contributed by atoms with Gasteiger partial charge in [0.25, 0.3) is 11.6 Å². The highest BCUT2D eigenvalue weighted by Gasteiger charge is 2.17. The van der Waals surface area contributed by atoms with Crippen LogP contribution in [0.4, 0.5) is 17.2 Å². The molecule has 2 N–H and O–H groups in total. The Morgan fingerprint density at radius 1 is 1.38 bits per heavy atom. The average Bonchev–Trinajstić information content (AvgIpc) is 2.46. The van der Waals surface area contributed by atoms with E-state index in [1.54, 1.807) is 19.2 Å². The Morgan fingerprint density at radius 2 is 2.14 bits per heavy atom. The summed E-state index contributed by atoms with van der Waals surface area (Å²) in [5.74, 6) is -0.179. The molecule has 1 heterocycles. The third-order valence-electron chi connectivity index (χ3n) is 2.65. The van der Waals surface area contributed by atoms with Gasteiger partial charge in [-0.2, -0.15) is 0 Å². The molecule has 0 aliphatic rings. The van der Waals surface area contributed by atoms with E-state index in [1.807, 2.05) is 12.1 Å². The molecule has 1 aromatic carbocycles. The number of aromatic nitrogens is 1. The standard InChI is InChI=1S/C13H11IN4O3/c1-15-12-11(6-10(7-16-12)18(20)21)13(19)17-9-4-2-3-8(14)5-9/h2-7H,1H3,(H,15,16)(H,17,19). The number of nitrogens with one attached hydrogen (secondary N) is 2. The number of halogens is 1. The van der Waals surface area contributed by atoms with E-state index in [1.165, 1.54) is 6.07 Å². The number of nitrogens with zero attached hydrogens (tertiary/aromatic N) is 2. The number of amides is 1. The van der Waals surface area contributed by atoms with Gasteiger partial charge in [0.15, 0.2) is 0 Å². The zero-order valence-corrected chi connectivity index (χ0v) is 13.1. The Balaban J connectivity index is 2.33. The molecule has 8 heteroatoms. The molecule has 0 fully saturated rings. The Labute approximate surface area is 134 Å². The summed E-state index contributed by atoms with van der Waals surface area (Å²) in [6, 6.07) is 8.43. The summed E-state index contributed by atoms with van der Waals surface area (Å²) < 4.78 is 0.969. The Morgan fingerprint density at radius 3 is 2.76 bits per heavy atom. The molecule has 7 nitrogen and oxygen atoms in total. The summed E-state index contributed by atoms with van der Waals surface area (Å²) in [7, 11) is 1.59. The fourth-order valence-corrected chi connectivity index (χ4v) is 2.23. The highest BCUT2D eigenvalue weighted by Crippen LogP contribution is 2.21. The predicted octanol–water partition coefficient (Wildman–Crippen LogP) is 2.89. The van der Waals surface area contributed by atoms with Crippen molar-refractivity contribution in [2.24, 2.45) is 0 Å². The number of pyridine rings is 1. The number of benzene rings is 1. The lowest BCUT2D eigenvalue weighted by atomic mass is 10.2. The van der Waals surface area contributed by atoms with Crippen molar-refractivity contribution < 1.29 is 9.72 Å². The fourth-order valence-electron chi connectivity index (χ4n) is 1.69. The maximum absolute atomic E-state index is 12.3. The van der Waals surface area contributed by atoms with Gasteiger partial charge in [0, 0.05) is 22.4 Å². The summed E-state index contributed by atoms with van der Waals surface area (Å²) in [6.07, 6.45) is 1.11. The third kappa shape index (κ3) is 3.66. The van der Waals surface area contributed by atoms with E-state index in [2.05, 4.69) is 38.2 Å². The third-order valence-corrected chi connectivity index (χ3v) is 3.32. The predicted molar refractivity (Wildman–Crippen MR) is 87.6 cm³/mol. The quantitative estimate of drug-likeness (QED) is 0.469. The molecule has 1 aromatic heterocycles. The number of carbonyl (C=O) groups excluding carboxylic acids is 1. The number of anilines is 2. The molecule has 0 atom stereocenters. The molecular weight excluding hydrogens is 387 g/mol. The van der Waals surface area contributed by atoms with Gasteiger partial charge in [-0.05, 0) is 40.8 Å². The van der Waals surface area contributed by atoms with Crippen molar-refractivity contribution in [2.45, 2.75) is 0 Å². The molecule has 0 aliphatic carbocycles. The summed E-state index contributed by atoms with van der Waals surface area (Å²) in [4.78, 5) is 26.3. The number of hydrogen-bond donors (Lipinski definition) is 2. The second-order valence-corrected chi connectivity index (χ2v) is 5.31. The fraction of sp³-hybridized carbons (Fsp3) is 0.0769. The Hall–Kier alpha value is -2.23. The van der Waals surface area contributed by atoms with E-state index in [-0.39, 0.29) is 17.1 Å². The summed E-state index contributed by atoms with van der Waals surface area (Å²) in [5, 5.41) is 16.2. The molecule has 0 saturated carbocycles. The second kappa shape index (κ2) is 6.48. The minimum absolute atomic E-state index is 0.116. The average molecular weight is 398 g/mol. The van der Waals surface area contributed by atoms with E-state index < -0.39 is 10.8 Å². The van der Waals surface area contributed by atoms with Crippen LogP contribution >= 0.6 is 22.6 Å². The highest BCUT2D eigenvalue weighted by atomic mass is 127. The van der Waals surface area contributed by atoms with E-state index in [0.29, 0.717) is 5.69 Å². The molecule has 0 aliphatic heterocycles. The second-order valence-electron chi connectivity index (χ2n) is 4.06. The van der Waals surface area contributed by atoms with Crippen LogP contribution in [0.1, 0.15) is 10.4 Å². The van der Waals surface area contributed by atoms with Crippen molar-refractivity contribution in [1.29, 1.82) is 0 Å². The summed E-state index contributed by atoms with van der Waals surface area (Å²) >= 11 is 2.13. The van der Waals surface area contributed by atoms with Crippen LogP contribution in [0.3, 0.4) is 0 Å². The first-order valence-corrected chi connectivity index (χ1v) is 6.98. The molecular formula is C13H11IN4O3. The SMILES string of the molecule is CNc1ncc([N+](=O)[O-])cc1C(=O)Nc1cccc(I)c1. The number of nitro groups is 1. The van der Waals surface area contributed by atoms with Crippen LogP contribution in [0, 0.1) is 13.7 Å². The Kier molecular flexibility index (Phi) is 4.68. The van der Waals surface area contributed by atoms with Gasteiger partial charge in [-0.25, -0.2) is 4.98 Å². The summed E-state index contributed by atoms with van der Waals surface area (Å²) in [5.41, 5.74) is 0.493. The van der Waals surface area contributed by atoms with Crippen LogP contribution in [-0.2, 0) is 0 Å². The maximum Gasteiger partial charge on any atom is 0.288 e. The Bertz CT molecular complexity index is 706. The van der Waals surface area contributed by atoms with Crippen molar-refractivity contribution in [3.63, 3.8) is 0 Å². The van der Waals surface area contributed by atoms with Crippen molar-refractivity contribution >= 4 is 45.7 Å². The lowest BCUT2D eigenvalue weighted by Gasteiger charge is -2.09. The lowest BCUT2D eigenvalue weighted by Crippen LogP contribution is -2.15. The van der Waals surface area contributed by atoms with Gasteiger partial charge in [0.2, 0.25) is 0 Å². The number of rotatable bonds is 4. The number of hydrogen-bond acceptors (Lipinski definition) is 5. The van der Waals surface area contributed by atoms with Gasteiger partial charge < -0.3 is 10.6 Å². The summed E-state index contributed by atoms with van der Waals surface area (Å²) in [6.45, 7) is 0. The first-order valence-electron chi connectivity index (χ1n) is 5.90. The van der Waals surface area contributed by atoms with Crippen molar-refractivity contribution in [1.82, 2.24) is 4.98 Å². The van der Waals surface area contributed by atoms with E-state index in [0.717, 1.165) is 9.77 Å². The molecule has 0 spiro atoms. The van der Waals surface area contributed by atoms with Gasteiger partial charge in [-0.1, -0.05) is 6.07 Å². The minimum Gasteiger partial charge on any atom is -0.372 e. The van der Waals surface area contributed by atoms with Gasteiger partial charge in [-0.15, -0.1) is 0 Å². The number of carbonyl (C=O) groups is 1. The first-order chi connectivity index (χ1) is 10.0. The maximum atomic E-state index is 12.3. The smallest absolute Gasteiger partial charge is 0.288 e. The van der Waals surface area contributed by atoms with Gasteiger partial charge in [-0.3, -0.25) is 14.9 Å². The molecule has 0 bridgehead atoms. The normalized spacial score (nSPS) is 10.0. The van der Waals surface area contributed by atoms with Crippen molar-refractivity contribution in [3.8, 4) is 0 Å². The topological polar surface area (TPSA) is 97.2 Å². The molecule has 0 saturated heterocycles. The van der Waals surface area contributed by atoms with Gasteiger partial charge >= 0.3 is 0 Å². The van der Waals surface area contributed by atoms with Crippen LogP contribution in [0.25, 0.3) is 0 Å². The zero-order chi connectivity index (χ0) is 15.4. The molecule has 2 aromatic rings. The van der Waals surface area contributed by atoms with Crippen LogP contribution < -0.4 is 10.6 Å². The van der Waals surface area contributed by atoms with E-state index in [9.17, 15) is 14.9 Å². The zero-order valence-electron chi connectivity index (χ0n) is 11.0. The molecule has 2 rings (SSSR count). The minimum atomic E-state index is -0.589. The van der Waals surface area contributed by atoms with Crippen molar-refractivity contribution in [2.75, 3.05) is 17.7 Å².